The van der Waals surface area contributed by atoms with Crippen LogP contribution in [0.4, 0.5) is 5.69 Å². The Morgan fingerprint density at radius 3 is 2.55 bits per heavy atom. The quantitative estimate of drug-likeness (QED) is 0.485. The van der Waals surface area contributed by atoms with Gasteiger partial charge in [-0.15, -0.1) is 5.10 Å². The molecule has 0 saturated carbocycles. The van der Waals surface area contributed by atoms with Crippen LogP contribution in [-0.2, 0) is 0 Å². The third-order valence-electron chi connectivity index (χ3n) is 6.02. The number of rotatable bonds is 4. The van der Waals surface area contributed by atoms with E-state index in [1.807, 2.05) is 17.0 Å². The number of pyridine rings is 1. The molecule has 146 valence electrons. The summed E-state index contributed by atoms with van der Waals surface area (Å²) in [7, 11) is 0. The molecule has 29 heavy (non-hydrogen) atoms. The fourth-order valence-corrected chi connectivity index (χ4v) is 4.28. The lowest BCUT2D eigenvalue weighted by atomic mass is 10.1. The molecule has 1 fully saturated rings. The number of fused-ring (bicyclic) bond motifs is 3. The Balaban J connectivity index is 1.63. The minimum atomic E-state index is 0.0723. The summed E-state index contributed by atoms with van der Waals surface area (Å²) in [4.78, 5) is 7.10. The Morgan fingerprint density at radius 2 is 1.79 bits per heavy atom. The van der Waals surface area contributed by atoms with Crippen LogP contribution >= 0.6 is 0 Å². The lowest BCUT2D eigenvalue weighted by Crippen LogP contribution is -2.29. The van der Waals surface area contributed by atoms with Crippen molar-refractivity contribution in [1.29, 1.82) is 0 Å². The lowest BCUT2D eigenvalue weighted by Gasteiger charge is -2.29. The molecule has 3 heterocycles. The molecule has 0 bridgehead atoms. The summed E-state index contributed by atoms with van der Waals surface area (Å²) in [6.07, 6.45) is 7.54. The standard InChI is InChI=1S/C24H25N5/c1-3-18-7-9-19(10-8-18)17(2)29-24-21-15-20(28-13-5-4-6-14-28)11-12-22(21)25-16-23(24)26-27-29/h3,7-12,15-17H,1,4-6,13-14H2,2H3. The molecule has 5 nitrogen and oxygen atoms in total. The van der Waals surface area contributed by atoms with Crippen molar-refractivity contribution in [2.75, 3.05) is 18.0 Å². The maximum atomic E-state index is 4.62. The van der Waals surface area contributed by atoms with Crippen LogP contribution in [0, 0.1) is 0 Å². The van der Waals surface area contributed by atoms with Gasteiger partial charge in [0.15, 0.2) is 0 Å². The van der Waals surface area contributed by atoms with Gasteiger partial charge in [0.25, 0.3) is 0 Å². The van der Waals surface area contributed by atoms with Gasteiger partial charge in [0, 0.05) is 24.2 Å². The van der Waals surface area contributed by atoms with Crippen LogP contribution in [-0.4, -0.2) is 33.1 Å². The lowest BCUT2D eigenvalue weighted by molar-refractivity contribution is 0.561. The average molecular weight is 383 g/mol. The van der Waals surface area contributed by atoms with Crippen molar-refractivity contribution in [3.63, 3.8) is 0 Å². The smallest absolute Gasteiger partial charge is 0.132 e. The highest BCUT2D eigenvalue weighted by atomic mass is 15.4. The third kappa shape index (κ3) is 3.16. The molecule has 4 aromatic rings. The van der Waals surface area contributed by atoms with Crippen LogP contribution in [0.1, 0.15) is 43.4 Å². The normalized spacial score (nSPS) is 15.7. The Morgan fingerprint density at radius 1 is 1.00 bits per heavy atom. The van der Waals surface area contributed by atoms with Gasteiger partial charge >= 0.3 is 0 Å². The second kappa shape index (κ2) is 7.32. The summed E-state index contributed by atoms with van der Waals surface area (Å²) in [5.41, 5.74) is 6.44. The summed E-state index contributed by atoms with van der Waals surface area (Å²) in [6.45, 7) is 8.25. The Hall–Kier alpha value is -3.21. The fraction of sp³-hybridized carbons (Fsp3) is 0.292. The first-order valence-electron chi connectivity index (χ1n) is 10.4. The molecule has 1 atom stereocenters. The van der Waals surface area contributed by atoms with Crippen molar-refractivity contribution in [2.45, 2.75) is 32.2 Å². The maximum absolute atomic E-state index is 4.62. The summed E-state index contributed by atoms with van der Waals surface area (Å²) >= 11 is 0. The van der Waals surface area contributed by atoms with Gasteiger partial charge in [-0.05, 0) is 55.5 Å². The van der Waals surface area contributed by atoms with Gasteiger partial charge in [0.2, 0.25) is 0 Å². The largest absolute Gasteiger partial charge is 0.372 e. The SMILES string of the molecule is C=Cc1ccc(C(C)n2nnc3cnc4ccc(N5CCCCC5)cc4c32)cc1. The van der Waals surface area contributed by atoms with Crippen LogP contribution in [0.5, 0.6) is 0 Å². The number of piperidine rings is 1. The highest BCUT2D eigenvalue weighted by Crippen LogP contribution is 2.31. The number of benzene rings is 2. The minimum absolute atomic E-state index is 0.0723. The van der Waals surface area contributed by atoms with Gasteiger partial charge in [-0.3, -0.25) is 4.98 Å². The topological polar surface area (TPSA) is 46.8 Å². The highest BCUT2D eigenvalue weighted by molar-refractivity contribution is 6.03. The predicted molar refractivity (Wildman–Crippen MR) is 119 cm³/mol. The van der Waals surface area contributed by atoms with Gasteiger partial charge in [-0.1, -0.05) is 42.1 Å². The highest BCUT2D eigenvalue weighted by Gasteiger charge is 2.18. The second-order valence-corrected chi connectivity index (χ2v) is 7.82. The summed E-state index contributed by atoms with van der Waals surface area (Å²) in [6, 6.07) is 15.1. The number of hydrogen-bond donors (Lipinski definition) is 0. The van der Waals surface area contributed by atoms with Gasteiger partial charge in [-0.2, -0.15) is 0 Å². The van der Waals surface area contributed by atoms with E-state index in [-0.39, 0.29) is 6.04 Å². The molecule has 5 heteroatoms. The average Bonchev–Trinajstić information content (AvgIpc) is 3.23. The first kappa shape index (κ1) is 17.9. The van der Waals surface area contributed by atoms with Gasteiger partial charge in [-0.25, -0.2) is 4.68 Å². The van der Waals surface area contributed by atoms with Crippen LogP contribution in [0.15, 0.2) is 55.2 Å². The first-order valence-corrected chi connectivity index (χ1v) is 10.4. The number of nitrogens with zero attached hydrogens (tertiary/aromatic N) is 5. The molecule has 0 spiro atoms. The van der Waals surface area contributed by atoms with E-state index in [0.717, 1.165) is 40.6 Å². The molecule has 1 aliphatic rings. The van der Waals surface area contributed by atoms with Crippen molar-refractivity contribution in [3.8, 4) is 0 Å². The second-order valence-electron chi connectivity index (χ2n) is 7.82. The van der Waals surface area contributed by atoms with Crippen molar-refractivity contribution in [1.82, 2.24) is 20.0 Å². The molecule has 0 amide bonds. The zero-order chi connectivity index (χ0) is 19.8. The number of hydrogen-bond acceptors (Lipinski definition) is 4. The molecule has 1 saturated heterocycles. The van der Waals surface area contributed by atoms with Crippen LogP contribution in [0.2, 0.25) is 0 Å². The minimum Gasteiger partial charge on any atom is -0.372 e. The van der Waals surface area contributed by atoms with E-state index in [2.05, 4.69) is 76.2 Å². The van der Waals surface area contributed by atoms with Crippen molar-refractivity contribution in [3.05, 3.63) is 66.4 Å². The molecular weight excluding hydrogens is 358 g/mol. The molecule has 5 rings (SSSR count). The first-order chi connectivity index (χ1) is 14.2. The van der Waals surface area contributed by atoms with E-state index in [4.69, 9.17) is 0 Å². The molecule has 0 N–H and O–H groups in total. The summed E-state index contributed by atoms with van der Waals surface area (Å²) in [5, 5.41) is 10.0. The van der Waals surface area contributed by atoms with Gasteiger partial charge in [0.1, 0.15) is 11.0 Å². The molecule has 2 aromatic carbocycles. The Bertz CT molecular complexity index is 1170. The maximum Gasteiger partial charge on any atom is 0.132 e. The van der Waals surface area contributed by atoms with Crippen molar-refractivity contribution in [2.24, 2.45) is 0 Å². The van der Waals surface area contributed by atoms with Crippen LogP contribution in [0.3, 0.4) is 0 Å². The van der Waals surface area contributed by atoms with E-state index in [1.165, 1.54) is 30.5 Å². The third-order valence-corrected chi connectivity index (χ3v) is 6.02. The predicted octanol–water partition coefficient (Wildman–Crippen LogP) is 5.22. The molecule has 1 unspecified atom stereocenters. The van der Waals surface area contributed by atoms with E-state index < -0.39 is 0 Å². The van der Waals surface area contributed by atoms with Crippen molar-refractivity contribution >= 4 is 33.7 Å². The van der Waals surface area contributed by atoms with Crippen LogP contribution in [0.25, 0.3) is 28.0 Å². The van der Waals surface area contributed by atoms with Crippen LogP contribution < -0.4 is 4.90 Å². The number of aromatic nitrogens is 4. The number of anilines is 1. The molecule has 0 radical (unpaired) electrons. The monoisotopic (exact) mass is 383 g/mol. The van der Waals surface area contributed by atoms with Gasteiger partial charge < -0.3 is 4.90 Å². The zero-order valence-corrected chi connectivity index (χ0v) is 16.8. The Labute approximate surface area is 170 Å². The summed E-state index contributed by atoms with van der Waals surface area (Å²) < 4.78 is 2.03. The van der Waals surface area contributed by atoms with Crippen molar-refractivity contribution < 1.29 is 0 Å². The van der Waals surface area contributed by atoms with E-state index in [0.29, 0.717) is 0 Å². The molecular formula is C24H25N5. The van der Waals surface area contributed by atoms with E-state index in [9.17, 15) is 0 Å². The zero-order valence-electron chi connectivity index (χ0n) is 16.8. The summed E-state index contributed by atoms with van der Waals surface area (Å²) in [5.74, 6) is 0. The fourth-order valence-electron chi connectivity index (χ4n) is 4.28. The molecule has 0 aliphatic carbocycles. The molecule has 2 aromatic heterocycles. The Kier molecular flexibility index (Phi) is 4.51. The van der Waals surface area contributed by atoms with E-state index >= 15 is 0 Å². The van der Waals surface area contributed by atoms with Gasteiger partial charge in [0.05, 0.1) is 17.8 Å². The molecule has 1 aliphatic heterocycles. The van der Waals surface area contributed by atoms with E-state index in [1.54, 1.807) is 0 Å².